The molecule has 0 aliphatic carbocycles. The Labute approximate surface area is 202 Å². The Morgan fingerprint density at radius 1 is 0.882 bits per heavy atom. The van der Waals surface area contributed by atoms with Gasteiger partial charge in [-0.1, -0.05) is 23.7 Å². The normalized spacial score (nSPS) is 18.7. The molecule has 5 rings (SSSR count). The Morgan fingerprint density at radius 2 is 1.56 bits per heavy atom. The molecule has 2 unspecified atom stereocenters. The van der Waals surface area contributed by atoms with Crippen LogP contribution in [0.2, 0.25) is 5.02 Å². The summed E-state index contributed by atoms with van der Waals surface area (Å²) in [7, 11) is 0. The fourth-order valence-electron chi connectivity index (χ4n) is 5.10. The molecule has 0 saturated carbocycles. The molecule has 7 nitrogen and oxygen atoms in total. The SMILES string of the molecule is CC(=O)Nc1ccc(-c2ccc(=O)n3c2C2CC(CN(C(=O)Nc4ccc(Cl)cc4)C2)C3)cc1. The zero-order valence-corrected chi connectivity index (χ0v) is 19.5. The maximum Gasteiger partial charge on any atom is 0.321 e. The van der Waals surface area contributed by atoms with Crippen molar-refractivity contribution in [3.05, 3.63) is 81.7 Å². The van der Waals surface area contributed by atoms with Gasteiger partial charge in [-0.15, -0.1) is 0 Å². The van der Waals surface area contributed by atoms with Crippen molar-refractivity contribution < 1.29 is 9.59 Å². The maximum absolute atomic E-state index is 13.0. The summed E-state index contributed by atoms with van der Waals surface area (Å²) in [6, 6.07) is 18.0. The molecule has 3 amide bonds. The average molecular weight is 477 g/mol. The second kappa shape index (κ2) is 8.99. The summed E-state index contributed by atoms with van der Waals surface area (Å²) in [5.74, 6) is 0.154. The predicted octanol–water partition coefficient (Wildman–Crippen LogP) is 4.78. The highest BCUT2D eigenvalue weighted by atomic mass is 35.5. The smallest absolute Gasteiger partial charge is 0.321 e. The fraction of sp³-hybridized carbons (Fsp3) is 0.269. The summed E-state index contributed by atoms with van der Waals surface area (Å²) >= 11 is 5.95. The van der Waals surface area contributed by atoms with Gasteiger partial charge in [-0.05, 0) is 60.4 Å². The predicted molar refractivity (Wildman–Crippen MR) is 133 cm³/mol. The van der Waals surface area contributed by atoms with Crippen LogP contribution in [0.3, 0.4) is 0 Å². The molecule has 2 aliphatic rings. The lowest BCUT2D eigenvalue weighted by molar-refractivity contribution is -0.114. The number of amides is 3. The number of nitrogens with zero attached hydrogens (tertiary/aromatic N) is 2. The van der Waals surface area contributed by atoms with Gasteiger partial charge < -0.3 is 20.1 Å². The quantitative estimate of drug-likeness (QED) is 0.570. The van der Waals surface area contributed by atoms with E-state index in [-0.39, 0.29) is 29.3 Å². The Balaban J connectivity index is 1.43. The number of piperidine rings is 1. The number of urea groups is 1. The van der Waals surface area contributed by atoms with Gasteiger partial charge in [-0.2, -0.15) is 0 Å². The molecule has 2 bridgehead atoms. The standard InChI is InChI=1S/C26H25ClN4O3/c1-16(32)28-21-6-2-18(3-7-21)23-10-11-24(33)31-14-17-12-19(25(23)31)15-30(13-17)26(34)29-22-8-4-20(27)5-9-22/h2-11,17,19H,12-15H2,1H3,(H,28,32)(H,29,34). The Bertz CT molecular complexity index is 1300. The molecular weight excluding hydrogens is 452 g/mol. The summed E-state index contributed by atoms with van der Waals surface area (Å²) in [4.78, 5) is 39.0. The minimum Gasteiger partial charge on any atom is -0.326 e. The molecule has 1 saturated heterocycles. The number of likely N-dealkylation sites (tertiary alicyclic amines) is 1. The highest BCUT2D eigenvalue weighted by Gasteiger charge is 2.37. The van der Waals surface area contributed by atoms with E-state index in [2.05, 4.69) is 10.6 Å². The van der Waals surface area contributed by atoms with E-state index in [0.29, 0.717) is 30.3 Å². The molecule has 1 fully saturated rings. The van der Waals surface area contributed by atoms with Crippen LogP contribution < -0.4 is 16.2 Å². The van der Waals surface area contributed by atoms with Crippen LogP contribution in [-0.2, 0) is 11.3 Å². The lowest BCUT2D eigenvalue weighted by Gasteiger charge is -2.43. The Kier molecular flexibility index (Phi) is 5.87. The third-order valence-electron chi connectivity index (χ3n) is 6.49. The summed E-state index contributed by atoms with van der Waals surface area (Å²) in [5, 5.41) is 6.35. The molecule has 3 heterocycles. The summed E-state index contributed by atoms with van der Waals surface area (Å²) in [6.07, 6.45) is 0.936. The fourth-order valence-corrected chi connectivity index (χ4v) is 5.22. The van der Waals surface area contributed by atoms with Crippen molar-refractivity contribution >= 4 is 34.9 Å². The molecule has 0 spiro atoms. The first-order chi connectivity index (χ1) is 16.4. The zero-order chi connectivity index (χ0) is 23.8. The van der Waals surface area contributed by atoms with Crippen molar-refractivity contribution in [1.29, 1.82) is 0 Å². The van der Waals surface area contributed by atoms with Crippen molar-refractivity contribution in [3.63, 3.8) is 0 Å². The number of rotatable bonds is 3. The number of anilines is 2. The van der Waals surface area contributed by atoms with Gasteiger partial charge in [0.2, 0.25) is 5.91 Å². The number of hydrogen-bond donors (Lipinski definition) is 2. The van der Waals surface area contributed by atoms with Crippen molar-refractivity contribution in [2.75, 3.05) is 23.7 Å². The highest BCUT2D eigenvalue weighted by Crippen LogP contribution is 2.40. The van der Waals surface area contributed by atoms with E-state index < -0.39 is 0 Å². The summed E-state index contributed by atoms with van der Waals surface area (Å²) < 4.78 is 1.88. The van der Waals surface area contributed by atoms with Crippen LogP contribution in [0.25, 0.3) is 11.1 Å². The van der Waals surface area contributed by atoms with Gasteiger partial charge >= 0.3 is 6.03 Å². The van der Waals surface area contributed by atoms with Gasteiger partial charge in [0.15, 0.2) is 0 Å². The summed E-state index contributed by atoms with van der Waals surface area (Å²) in [6.45, 7) is 3.21. The lowest BCUT2D eigenvalue weighted by Crippen LogP contribution is -2.50. The van der Waals surface area contributed by atoms with Gasteiger partial charge in [0.05, 0.1) is 0 Å². The van der Waals surface area contributed by atoms with Gasteiger partial charge in [0.1, 0.15) is 0 Å². The van der Waals surface area contributed by atoms with Crippen LogP contribution in [0.1, 0.15) is 25.0 Å². The largest absolute Gasteiger partial charge is 0.326 e. The number of carbonyl (C=O) groups is 2. The molecule has 34 heavy (non-hydrogen) atoms. The van der Waals surface area contributed by atoms with Crippen LogP contribution in [0, 0.1) is 5.92 Å². The molecule has 2 atom stereocenters. The van der Waals surface area contributed by atoms with Crippen molar-refractivity contribution in [1.82, 2.24) is 9.47 Å². The van der Waals surface area contributed by atoms with E-state index >= 15 is 0 Å². The highest BCUT2D eigenvalue weighted by molar-refractivity contribution is 6.30. The van der Waals surface area contributed by atoms with E-state index in [4.69, 9.17) is 11.6 Å². The zero-order valence-electron chi connectivity index (χ0n) is 18.8. The van der Waals surface area contributed by atoms with Crippen LogP contribution in [-0.4, -0.2) is 34.5 Å². The third-order valence-corrected chi connectivity index (χ3v) is 6.74. The first kappa shape index (κ1) is 22.2. The van der Waals surface area contributed by atoms with Gasteiger partial charge in [-0.3, -0.25) is 9.59 Å². The van der Waals surface area contributed by atoms with E-state index in [1.807, 2.05) is 39.8 Å². The number of fused-ring (bicyclic) bond motifs is 4. The molecule has 8 heteroatoms. The second-order valence-corrected chi connectivity index (χ2v) is 9.42. The number of hydrogen-bond acceptors (Lipinski definition) is 3. The topological polar surface area (TPSA) is 83.4 Å². The van der Waals surface area contributed by atoms with E-state index in [9.17, 15) is 14.4 Å². The molecule has 1 aromatic heterocycles. The number of aromatic nitrogens is 1. The van der Waals surface area contributed by atoms with Crippen molar-refractivity contribution in [2.45, 2.75) is 25.8 Å². The Hall–Kier alpha value is -3.58. The van der Waals surface area contributed by atoms with Crippen LogP contribution in [0.4, 0.5) is 16.2 Å². The lowest BCUT2D eigenvalue weighted by atomic mass is 9.80. The summed E-state index contributed by atoms with van der Waals surface area (Å²) in [5.41, 5.74) is 4.33. The molecule has 3 aromatic rings. The van der Waals surface area contributed by atoms with Crippen LogP contribution in [0.5, 0.6) is 0 Å². The molecule has 0 radical (unpaired) electrons. The maximum atomic E-state index is 13.0. The number of benzene rings is 2. The number of halogens is 1. The molecule has 2 aromatic carbocycles. The number of carbonyl (C=O) groups excluding carboxylic acids is 2. The molecular formula is C26H25ClN4O3. The first-order valence-corrected chi connectivity index (χ1v) is 11.7. The van der Waals surface area contributed by atoms with Crippen LogP contribution in [0.15, 0.2) is 65.5 Å². The van der Waals surface area contributed by atoms with Gasteiger partial charge in [0.25, 0.3) is 5.56 Å². The molecule has 2 aliphatic heterocycles. The first-order valence-electron chi connectivity index (χ1n) is 11.3. The second-order valence-electron chi connectivity index (χ2n) is 8.98. The minimum atomic E-state index is -0.148. The Morgan fingerprint density at radius 3 is 2.26 bits per heavy atom. The van der Waals surface area contributed by atoms with E-state index in [0.717, 1.165) is 28.9 Å². The number of nitrogens with one attached hydrogen (secondary N) is 2. The van der Waals surface area contributed by atoms with Gasteiger partial charge in [-0.25, -0.2) is 4.79 Å². The van der Waals surface area contributed by atoms with Crippen LogP contribution >= 0.6 is 11.6 Å². The van der Waals surface area contributed by atoms with E-state index in [1.165, 1.54) is 6.92 Å². The molecule has 2 N–H and O–H groups in total. The van der Waals surface area contributed by atoms with Crippen molar-refractivity contribution in [3.8, 4) is 11.1 Å². The van der Waals surface area contributed by atoms with Gasteiger partial charge in [0, 0.05) is 66.2 Å². The van der Waals surface area contributed by atoms with E-state index in [1.54, 1.807) is 30.3 Å². The van der Waals surface area contributed by atoms with Crippen molar-refractivity contribution in [2.24, 2.45) is 5.92 Å². The minimum absolute atomic E-state index is 0.0117. The monoisotopic (exact) mass is 476 g/mol. The third kappa shape index (κ3) is 4.43. The molecule has 174 valence electrons. The number of pyridine rings is 1. The average Bonchev–Trinajstić information content (AvgIpc) is 2.81.